The molecule has 0 bridgehead atoms. The van der Waals surface area contributed by atoms with E-state index in [-0.39, 0.29) is 21.8 Å². The van der Waals surface area contributed by atoms with E-state index in [2.05, 4.69) is 29.0 Å². The standard InChI is InChI=1S/C23H25N3O2S/c1-16-5-4-6-18(13-16)15-21-23(28)24-20(22(27)25-21)14-17-7-9-19(10-8-17)29-12-11-26(2)3/h4-10,13-15H,11-12H2,1-3H3,(H,24,28)(H,25,27). The van der Waals surface area contributed by atoms with Crippen LogP contribution in [0.5, 0.6) is 0 Å². The summed E-state index contributed by atoms with van der Waals surface area (Å²) in [7, 11) is 4.11. The summed E-state index contributed by atoms with van der Waals surface area (Å²) in [6.45, 7) is 3.00. The Kier molecular flexibility index (Phi) is 6.90. The van der Waals surface area contributed by atoms with E-state index in [1.807, 2.05) is 55.5 Å². The molecule has 3 aromatic rings. The highest BCUT2D eigenvalue weighted by Gasteiger charge is 1.99. The van der Waals surface area contributed by atoms with Gasteiger partial charge in [0.1, 0.15) is 10.7 Å². The van der Waals surface area contributed by atoms with Crippen LogP contribution in [0.1, 0.15) is 16.7 Å². The van der Waals surface area contributed by atoms with Crippen molar-refractivity contribution in [2.75, 3.05) is 26.4 Å². The minimum Gasteiger partial charge on any atom is -0.316 e. The molecule has 0 unspecified atom stereocenters. The van der Waals surface area contributed by atoms with E-state index in [0.29, 0.717) is 0 Å². The maximum absolute atomic E-state index is 12.4. The second-order valence-electron chi connectivity index (χ2n) is 7.16. The van der Waals surface area contributed by atoms with Gasteiger partial charge in [0.05, 0.1) is 0 Å². The smallest absolute Gasteiger partial charge is 0.272 e. The summed E-state index contributed by atoms with van der Waals surface area (Å²) < 4.78 is 0. The molecule has 0 spiro atoms. The largest absolute Gasteiger partial charge is 0.316 e. The van der Waals surface area contributed by atoms with E-state index in [1.165, 1.54) is 4.90 Å². The van der Waals surface area contributed by atoms with Crippen molar-refractivity contribution in [1.29, 1.82) is 0 Å². The van der Waals surface area contributed by atoms with Gasteiger partial charge < -0.3 is 14.9 Å². The third-order valence-corrected chi connectivity index (χ3v) is 5.33. The van der Waals surface area contributed by atoms with Crippen molar-refractivity contribution >= 4 is 23.9 Å². The Labute approximate surface area is 173 Å². The van der Waals surface area contributed by atoms with Gasteiger partial charge in [0.25, 0.3) is 11.1 Å². The summed E-state index contributed by atoms with van der Waals surface area (Å²) in [5, 5.41) is 0.481. The Morgan fingerprint density at radius 1 is 0.897 bits per heavy atom. The number of thioether (sulfide) groups is 1. The highest BCUT2D eigenvalue weighted by molar-refractivity contribution is 7.99. The fraction of sp³-hybridized carbons (Fsp3) is 0.217. The molecule has 0 atom stereocenters. The van der Waals surface area contributed by atoms with Crippen LogP contribution in [-0.2, 0) is 0 Å². The number of aromatic nitrogens is 2. The number of nitrogens with one attached hydrogen (secondary N) is 2. The van der Waals surface area contributed by atoms with E-state index in [9.17, 15) is 9.59 Å². The Morgan fingerprint density at radius 3 is 2.10 bits per heavy atom. The Bertz CT molecular complexity index is 1210. The van der Waals surface area contributed by atoms with Crippen LogP contribution in [-0.4, -0.2) is 41.3 Å². The summed E-state index contributed by atoms with van der Waals surface area (Å²) in [4.78, 5) is 33.6. The fourth-order valence-corrected chi connectivity index (χ4v) is 3.82. The van der Waals surface area contributed by atoms with E-state index >= 15 is 0 Å². The molecule has 0 radical (unpaired) electrons. The van der Waals surface area contributed by atoms with Crippen molar-refractivity contribution in [1.82, 2.24) is 14.9 Å². The fourth-order valence-electron chi connectivity index (χ4n) is 2.80. The molecule has 0 fully saturated rings. The molecule has 1 heterocycles. The molecule has 29 heavy (non-hydrogen) atoms. The van der Waals surface area contributed by atoms with Crippen LogP contribution in [0.15, 0.2) is 63.0 Å². The SMILES string of the molecule is Cc1cccc(C=c2[nH]c(=O)c(=Cc3ccc(SCCN(C)C)cc3)[nH]c2=O)c1. The number of H-pyrrole nitrogens is 2. The molecule has 5 nitrogen and oxygen atoms in total. The predicted molar refractivity (Wildman–Crippen MR) is 121 cm³/mol. The Hall–Kier alpha value is -2.83. The van der Waals surface area contributed by atoms with Gasteiger partial charge >= 0.3 is 0 Å². The lowest BCUT2D eigenvalue weighted by Gasteiger charge is -2.08. The highest BCUT2D eigenvalue weighted by Crippen LogP contribution is 2.18. The number of rotatable bonds is 6. The van der Waals surface area contributed by atoms with Crippen LogP contribution in [0, 0.1) is 6.92 Å². The molecule has 2 aromatic carbocycles. The molecule has 0 aliphatic rings. The van der Waals surface area contributed by atoms with Gasteiger partial charge in [-0.25, -0.2) is 0 Å². The monoisotopic (exact) mass is 407 g/mol. The second-order valence-corrected chi connectivity index (χ2v) is 8.33. The number of benzene rings is 2. The van der Waals surface area contributed by atoms with Gasteiger partial charge in [0.15, 0.2) is 0 Å². The number of aryl methyl sites for hydroxylation is 1. The first-order valence-electron chi connectivity index (χ1n) is 9.41. The van der Waals surface area contributed by atoms with Gasteiger partial charge in [-0.1, -0.05) is 42.0 Å². The molecular weight excluding hydrogens is 382 g/mol. The van der Waals surface area contributed by atoms with Gasteiger partial charge in [0.2, 0.25) is 0 Å². The summed E-state index contributed by atoms with van der Waals surface area (Å²) >= 11 is 1.79. The molecule has 3 rings (SSSR count). The van der Waals surface area contributed by atoms with Gasteiger partial charge in [-0.2, -0.15) is 0 Å². The first-order valence-corrected chi connectivity index (χ1v) is 10.4. The van der Waals surface area contributed by atoms with Crippen LogP contribution in [0.4, 0.5) is 0 Å². The molecular formula is C23H25N3O2S. The van der Waals surface area contributed by atoms with Gasteiger partial charge in [-0.3, -0.25) is 9.59 Å². The van der Waals surface area contributed by atoms with Crippen molar-refractivity contribution in [3.05, 3.63) is 96.6 Å². The average Bonchev–Trinajstić information content (AvgIpc) is 2.67. The molecule has 0 amide bonds. The van der Waals surface area contributed by atoms with Crippen molar-refractivity contribution in [2.24, 2.45) is 0 Å². The quantitative estimate of drug-likeness (QED) is 0.610. The van der Waals surface area contributed by atoms with Crippen LogP contribution in [0.2, 0.25) is 0 Å². The third-order valence-electron chi connectivity index (χ3n) is 4.34. The highest BCUT2D eigenvalue weighted by atomic mass is 32.2. The molecule has 1 aromatic heterocycles. The zero-order chi connectivity index (χ0) is 20.8. The lowest BCUT2D eigenvalue weighted by molar-refractivity contribution is 0.437. The summed E-state index contributed by atoms with van der Waals surface area (Å²) in [6.07, 6.45) is 3.36. The molecule has 6 heteroatoms. The molecule has 0 aliphatic carbocycles. The second kappa shape index (κ2) is 9.58. The van der Waals surface area contributed by atoms with Crippen LogP contribution in [0.25, 0.3) is 12.2 Å². The van der Waals surface area contributed by atoms with Crippen molar-refractivity contribution in [3.63, 3.8) is 0 Å². The van der Waals surface area contributed by atoms with Crippen molar-refractivity contribution < 1.29 is 0 Å². The third kappa shape index (κ3) is 6.07. The van der Waals surface area contributed by atoms with Crippen molar-refractivity contribution in [2.45, 2.75) is 11.8 Å². The average molecular weight is 408 g/mol. The molecule has 0 saturated carbocycles. The van der Waals surface area contributed by atoms with Crippen LogP contribution >= 0.6 is 11.8 Å². The van der Waals surface area contributed by atoms with Crippen molar-refractivity contribution in [3.8, 4) is 0 Å². The predicted octanol–water partition coefficient (Wildman–Crippen LogP) is 1.68. The lowest BCUT2D eigenvalue weighted by atomic mass is 10.1. The topological polar surface area (TPSA) is 69.0 Å². The lowest BCUT2D eigenvalue weighted by Crippen LogP contribution is -2.46. The zero-order valence-electron chi connectivity index (χ0n) is 16.9. The molecule has 2 N–H and O–H groups in total. The van der Waals surface area contributed by atoms with Gasteiger partial charge in [0, 0.05) is 17.2 Å². The number of hydrogen-bond donors (Lipinski definition) is 2. The first-order chi connectivity index (χ1) is 13.9. The minimum atomic E-state index is -0.326. The summed E-state index contributed by atoms with van der Waals surface area (Å²) in [5.74, 6) is 1.02. The normalized spacial score (nSPS) is 12.7. The van der Waals surface area contributed by atoms with E-state index in [0.717, 1.165) is 29.0 Å². The maximum atomic E-state index is 12.4. The zero-order valence-corrected chi connectivity index (χ0v) is 17.7. The van der Waals surface area contributed by atoms with E-state index < -0.39 is 0 Å². The summed E-state index contributed by atoms with van der Waals surface area (Å²) in [6, 6.07) is 15.7. The van der Waals surface area contributed by atoms with Gasteiger partial charge in [-0.15, -0.1) is 11.8 Å². The molecule has 0 aliphatic heterocycles. The van der Waals surface area contributed by atoms with Gasteiger partial charge in [-0.05, 0) is 56.4 Å². The number of hydrogen-bond acceptors (Lipinski definition) is 4. The first kappa shape index (κ1) is 20.9. The number of nitrogens with zero attached hydrogens (tertiary/aromatic N) is 1. The minimum absolute atomic E-state index is 0.240. The van der Waals surface area contributed by atoms with E-state index in [4.69, 9.17) is 0 Å². The summed E-state index contributed by atoms with van der Waals surface area (Å²) in [5.41, 5.74) is 2.16. The maximum Gasteiger partial charge on any atom is 0.272 e. The Balaban J connectivity index is 1.86. The number of aromatic amines is 2. The van der Waals surface area contributed by atoms with E-state index in [1.54, 1.807) is 23.9 Å². The van der Waals surface area contributed by atoms with Crippen LogP contribution in [0.3, 0.4) is 0 Å². The van der Waals surface area contributed by atoms with Crippen LogP contribution < -0.4 is 21.8 Å². The molecule has 150 valence electrons. The Morgan fingerprint density at radius 2 is 1.52 bits per heavy atom. The molecule has 0 saturated heterocycles.